The summed E-state index contributed by atoms with van der Waals surface area (Å²) in [6.07, 6.45) is 0. The molecule has 2 aromatic rings. The van der Waals surface area contributed by atoms with Gasteiger partial charge in [0.05, 0.1) is 5.69 Å². The van der Waals surface area contributed by atoms with Crippen LogP contribution in [0.2, 0.25) is 0 Å². The molecular formula is C20H19F3N2O3. The molecule has 1 aliphatic heterocycles. The van der Waals surface area contributed by atoms with E-state index >= 15 is 0 Å². The molecule has 1 heterocycles. The Bertz CT molecular complexity index is 881. The van der Waals surface area contributed by atoms with Crippen LogP contribution in [0.3, 0.4) is 0 Å². The number of benzene rings is 2. The van der Waals surface area contributed by atoms with Gasteiger partial charge in [0.2, 0.25) is 0 Å². The molecule has 2 aromatic carbocycles. The first kappa shape index (κ1) is 19.7. The van der Waals surface area contributed by atoms with Crippen molar-refractivity contribution < 1.29 is 27.5 Å². The zero-order valence-electron chi connectivity index (χ0n) is 15.2. The smallest absolute Gasteiger partial charge is 0.387 e. The summed E-state index contributed by atoms with van der Waals surface area (Å²) >= 11 is 0. The molecule has 0 radical (unpaired) electrons. The lowest BCUT2D eigenvalue weighted by molar-refractivity contribution is -0.0499. The van der Waals surface area contributed by atoms with E-state index in [1.807, 2.05) is 0 Å². The summed E-state index contributed by atoms with van der Waals surface area (Å²) in [6.45, 7) is -0.0532. The standard InChI is InChI=1S/C20H19F3N2O3/c1-13(26)14-5-6-18(17(21)12-14)24-7-9-25(10-8-24)19(27)15-3-2-4-16(11-15)28-20(22)23/h2-6,11-12,20H,7-10H2,1H3. The van der Waals surface area contributed by atoms with Gasteiger partial charge in [-0.05, 0) is 43.3 Å². The summed E-state index contributed by atoms with van der Waals surface area (Å²) in [5.41, 5.74) is 0.939. The molecule has 1 amide bonds. The third-order valence-electron chi connectivity index (χ3n) is 4.57. The summed E-state index contributed by atoms with van der Waals surface area (Å²) in [7, 11) is 0. The number of alkyl halides is 2. The van der Waals surface area contributed by atoms with Crippen molar-refractivity contribution in [1.29, 1.82) is 0 Å². The monoisotopic (exact) mass is 392 g/mol. The number of rotatable bonds is 5. The van der Waals surface area contributed by atoms with Crippen LogP contribution < -0.4 is 9.64 Å². The van der Waals surface area contributed by atoms with E-state index in [-0.39, 0.29) is 23.0 Å². The molecule has 5 nitrogen and oxygen atoms in total. The van der Waals surface area contributed by atoms with Gasteiger partial charge in [-0.15, -0.1) is 0 Å². The van der Waals surface area contributed by atoms with Crippen LogP contribution in [0.25, 0.3) is 0 Å². The molecule has 1 fully saturated rings. The normalized spacial score (nSPS) is 14.3. The molecule has 0 aliphatic carbocycles. The second-order valence-corrected chi connectivity index (χ2v) is 6.41. The summed E-state index contributed by atoms with van der Waals surface area (Å²) in [5.74, 6) is -1.07. The van der Waals surface area contributed by atoms with E-state index < -0.39 is 12.4 Å². The van der Waals surface area contributed by atoms with Crippen molar-refractivity contribution >= 4 is 17.4 Å². The van der Waals surface area contributed by atoms with Crippen molar-refractivity contribution in [1.82, 2.24) is 4.90 Å². The average Bonchev–Trinajstić information content (AvgIpc) is 2.67. The van der Waals surface area contributed by atoms with E-state index in [9.17, 15) is 22.8 Å². The number of hydrogen-bond donors (Lipinski definition) is 0. The lowest BCUT2D eigenvalue weighted by Gasteiger charge is -2.36. The number of piperazine rings is 1. The Hall–Kier alpha value is -3.03. The van der Waals surface area contributed by atoms with E-state index in [0.717, 1.165) is 0 Å². The Kier molecular flexibility index (Phi) is 5.87. The quantitative estimate of drug-likeness (QED) is 0.730. The highest BCUT2D eigenvalue weighted by atomic mass is 19.3. The van der Waals surface area contributed by atoms with Gasteiger partial charge in [0, 0.05) is 37.3 Å². The van der Waals surface area contributed by atoms with Crippen LogP contribution in [0, 0.1) is 5.82 Å². The minimum atomic E-state index is -2.96. The van der Waals surface area contributed by atoms with Gasteiger partial charge < -0.3 is 14.5 Å². The number of amides is 1. The number of carbonyl (C=O) groups excluding carboxylic acids is 2. The van der Waals surface area contributed by atoms with Crippen LogP contribution in [-0.4, -0.2) is 49.4 Å². The highest BCUT2D eigenvalue weighted by Gasteiger charge is 2.24. The Morgan fingerprint density at radius 2 is 1.71 bits per heavy atom. The first-order chi connectivity index (χ1) is 13.3. The van der Waals surface area contributed by atoms with Crippen molar-refractivity contribution in [3.8, 4) is 5.75 Å². The fraction of sp³-hybridized carbons (Fsp3) is 0.300. The van der Waals surface area contributed by atoms with Gasteiger partial charge in [-0.25, -0.2) is 4.39 Å². The molecule has 1 saturated heterocycles. The molecule has 148 valence electrons. The molecule has 0 bridgehead atoms. The van der Waals surface area contributed by atoms with Crippen molar-refractivity contribution in [2.24, 2.45) is 0 Å². The molecular weight excluding hydrogens is 373 g/mol. The van der Waals surface area contributed by atoms with Crippen molar-refractivity contribution in [3.63, 3.8) is 0 Å². The van der Waals surface area contributed by atoms with Gasteiger partial charge >= 0.3 is 6.61 Å². The largest absolute Gasteiger partial charge is 0.435 e. The van der Waals surface area contributed by atoms with E-state index in [2.05, 4.69) is 4.74 Å². The lowest BCUT2D eigenvalue weighted by atomic mass is 10.1. The number of anilines is 1. The number of nitrogens with zero attached hydrogens (tertiary/aromatic N) is 2. The van der Waals surface area contributed by atoms with E-state index in [1.54, 1.807) is 21.9 Å². The van der Waals surface area contributed by atoms with Crippen LogP contribution in [0.1, 0.15) is 27.6 Å². The third kappa shape index (κ3) is 4.44. The number of carbonyl (C=O) groups is 2. The predicted octanol–water partition coefficient (Wildman–Crippen LogP) is 3.59. The van der Waals surface area contributed by atoms with Gasteiger partial charge in [-0.1, -0.05) is 6.07 Å². The molecule has 1 aliphatic rings. The Labute approximate surface area is 160 Å². The zero-order chi connectivity index (χ0) is 20.3. The molecule has 28 heavy (non-hydrogen) atoms. The Balaban J connectivity index is 1.65. The number of hydrogen-bond acceptors (Lipinski definition) is 4. The zero-order valence-corrected chi connectivity index (χ0v) is 15.2. The maximum absolute atomic E-state index is 14.3. The Morgan fingerprint density at radius 1 is 1.00 bits per heavy atom. The second kappa shape index (κ2) is 8.33. The molecule has 0 unspecified atom stereocenters. The third-order valence-corrected chi connectivity index (χ3v) is 4.57. The SMILES string of the molecule is CC(=O)c1ccc(N2CCN(C(=O)c3cccc(OC(F)F)c3)CC2)c(F)c1. The minimum Gasteiger partial charge on any atom is -0.435 e. The van der Waals surface area contributed by atoms with Gasteiger partial charge in [-0.2, -0.15) is 8.78 Å². The lowest BCUT2D eigenvalue weighted by Crippen LogP contribution is -2.49. The van der Waals surface area contributed by atoms with Crippen LogP contribution in [-0.2, 0) is 0 Å². The number of Topliss-reactive ketones (excluding diaryl/α,β-unsaturated/α-hetero) is 1. The first-order valence-electron chi connectivity index (χ1n) is 8.75. The average molecular weight is 392 g/mol. The highest BCUT2D eigenvalue weighted by Crippen LogP contribution is 2.23. The van der Waals surface area contributed by atoms with Crippen molar-refractivity contribution in [2.75, 3.05) is 31.1 Å². The number of ketones is 1. The summed E-state index contributed by atoms with van der Waals surface area (Å²) in [6, 6.07) is 10.0. The second-order valence-electron chi connectivity index (χ2n) is 6.41. The summed E-state index contributed by atoms with van der Waals surface area (Å²) in [5, 5.41) is 0. The van der Waals surface area contributed by atoms with Crippen LogP contribution >= 0.6 is 0 Å². The molecule has 0 N–H and O–H groups in total. The van der Waals surface area contributed by atoms with E-state index in [0.29, 0.717) is 37.4 Å². The van der Waals surface area contributed by atoms with Gasteiger partial charge in [0.25, 0.3) is 5.91 Å². The van der Waals surface area contributed by atoms with E-state index in [1.165, 1.54) is 37.3 Å². The van der Waals surface area contributed by atoms with Crippen LogP contribution in [0.5, 0.6) is 5.75 Å². The predicted molar refractivity (Wildman–Crippen MR) is 97.6 cm³/mol. The van der Waals surface area contributed by atoms with Crippen LogP contribution in [0.4, 0.5) is 18.9 Å². The van der Waals surface area contributed by atoms with Crippen LogP contribution in [0.15, 0.2) is 42.5 Å². The number of ether oxygens (including phenoxy) is 1. The number of halogens is 3. The Morgan fingerprint density at radius 3 is 2.32 bits per heavy atom. The van der Waals surface area contributed by atoms with E-state index in [4.69, 9.17) is 0 Å². The molecule has 0 saturated carbocycles. The van der Waals surface area contributed by atoms with Crippen molar-refractivity contribution in [3.05, 3.63) is 59.4 Å². The molecule has 0 aromatic heterocycles. The first-order valence-corrected chi connectivity index (χ1v) is 8.75. The molecule has 3 rings (SSSR count). The maximum atomic E-state index is 14.3. The van der Waals surface area contributed by atoms with Gasteiger partial charge in [0.1, 0.15) is 11.6 Å². The highest BCUT2D eigenvalue weighted by molar-refractivity contribution is 5.95. The van der Waals surface area contributed by atoms with Gasteiger partial charge in [0.15, 0.2) is 5.78 Å². The fourth-order valence-corrected chi connectivity index (χ4v) is 3.12. The summed E-state index contributed by atoms with van der Waals surface area (Å²) < 4.78 is 43.3. The molecule has 0 spiro atoms. The molecule has 8 heteroatoms. The molecule has 0 atom stereocenters. The van der Waals surface area contributed by atoms with Crippen molar-refractivity contribution in [2.45, 2.75) is 13.5 Å². The van der Waals surface area contributed by atoms with Gasteiger partial charge in [-0.3, -0.25) is 9.59 Å². The maximum Gasteiger partial charge on any atom is 0.387 e. The topological polar surface area (TPSA) is 49.9 Å². The fourth-order valence-electron chi connectivity index (χ4n) is 3.12. The summed E-state index contributed by atoms with van der Waals surface area (Å²) in [4.78, 5) is 27.4. The minimum absolute atomic E-state index is 0.0767.